The van der Waals surface area contributed by atoms with Crippen molar-refractivity contribution in [1.29, 1.82) is 0 Å². The van der Waals surface area contributed by atoms with Crippen LogP contribution in [0.15, 0.2) is 77.8 Å². The SMILES string of the molecule is CN(C(C=C(N)c1cc(Cl)cc(Cl)c1)=Nc1ccc(C(=O)O)cc1)c1ccc(OC(F)(F)F)cc1. The number of rotatable bonds is 6. The summed E-state index contributed by atoms with van der Waals surface area (Å²) in [7, 11) is 1.64. The summed E-state index contributed by atoms with van der Waals surface area (Å²) in [5.41, 5.74) is 8.05. The Morgan fingerprint density at radius 2 is 1.57 bits per heavy atom. The number of anilines is 1. The number of carboxylic acid groups (broad SMARTS) is 1. The van der Waals surface area contributed by atoms with E-state index in [1.807, 2.05) is 0 Å². The van der Waals surface area contributed by atoms with Crippen LogP contribution in [-0.4, -0.2) is 30.3 Å². The van der Waals surface area contributed by atoms with E-state index in [2.05, 4.69) is 9.73 Å². The van der Waals surface area contributed by atoms with Crippen LogP contribution in [0.3, 0.4) is 0 Å². The second-order valence-electron chi connectivity index (χ2n) is 7.18. The van der Waals surface area contributed by atoms with Crippen molar-refractivity contribution in [3.05, 3.63) is 94.0 Å². The van der Waals surface area contributed by atoms with Crippen molar-refractivity contribution in [3.63, 3.8) is 0 Å². The number of ether oxygens (including phenoxy) is 1. The maximum atomic E-state index is 12.5. The van der Waals surface area contributed by atoms with Gasteiger partial charge in [0.1, 0.15) is 11.6 Å². The van der Waals surface area contributed by atoms with Gasteiger partial charge in [-0.3, -0.25) is 0 Å². The van der Waals surface area contributed by atoms with Gasteiger partial charge in [-0.05, 0) is 66.7 Å². The minimum Gasteiger partial charge on any atom is -0.478 e. The Labute approximate surface area is 208 Å². The maximum Gasteiger partial charge on any atom is 0.573 e. The number of aromatic carboxylic acids is 1. The van der Waals surface area contributed by atoms with Crippen molar-refractivity contribution >= 4 is 52.1 Å². The lowest BCUT2D eigenvalue weighted by Gasteiger charge is -2.21. The highest BCUT2D eigenvalue weighted by Gasteiger charge is 2.31. The third kappa shape index (κ3) is 7.40. The highest BCUT2D eigenvalue weighted by Crippen LogP contribution is 2.27. The summed E-state index contributed by atoms with van der Waals surface area (Å²) in [4.78, 5) is 17.3. The molecule has 0 saturated heterocycles. The first-order valence-corrected chi connectivity index (χ1v) is 10.6. The van der Waals surface area contributed by atoms with E-state index in [0.29, 0.717) is 32.8 Å². The predicted octanol–water partition coefficient (Wildman–Crippen LogP) is 6.76. The third-order valence-corrected chi connectivity index (χ3v) is 5.08. The number of nitrogens with two attached hydrogens (primary N) is 1. The quantitative estimate of drug-likeness (QED) is 0.275. The topological polar surface area (TPSA) is 88.2 Å². The Bertz CT molecular complexity index is 1260. The molecule has 0 unspecified atom stereocenters. The zero-order chi connectivity index (χ0) is 25.8. The number of likely N-dealkylation sites (N-methyl/N-ethyl adjacent to an activating group) is 1. The number of halogens is 5. The van der Waals surface area contributed by atoms with Crippen LogP contribution in [0, 0.1) is 0 Å². The molecule has 6 nitrogen and oxygen atoms in total. The first-order valence-electron chi connectivity index (χ1n) is 9.86. The number of hydrogen-bond donors (Lipinski definition) is 2. The normalized spacial score (nSPS) is 12.4. The summed E-state index contributed by atoms with van der Waals surface area (Å²) in [6.07, 6.45) is -3.27. The zero-order valence-electron chi connectivity index (χ0n) is 18.1. The highest BCUT2D eigenvalue weighted by atomic mass is 35.5. The second-order valence-corrected chi connectivity index (χ2v) is 8.05. The molecule has 0 amide bonds. The van der Waals surface area contributed by atoms with Gasteiger partial charge in [0.2, 0.25) is 0 Å². The summed E-state index contributed by atoms with van der Waals surface area (Å²) in [5.74, 6) is -1.16. The number of aliphatic imine (C=N–C) groups is 1. The minimum absolute atomic E-state index is 0.0859. The molecule has 3 aromatic rings. The Morgan fingerprint density at radius 3 is 2.09 bits per heavy atom. The van der Waals surface area contributed by atoms with Crippen molar-refractivity contribution in [2.75, 3.05) is 11.9 Å². The summed E-state index contributed by atoms with van der Waals surface area (Å²) in [5, 5.41) is 9.86. The molecular formula is C24H18Cl2F3N3O3. The number of hydrogen-bond acceptors (Lipinski definition) is 4. The molecule has 0 aromatic heterocycles. The Kier molecular flexibility index (Phi) is 7.93. The number of benzene rings is 3. The number of nitrogens with zero attached hydrogens (tertiary/aromatic N) is 2. The zero-order valence-corrected chi connectivity index (χ0v) is 19.6. The molecule has 35 heavy (non-hydrogen) atoms. The van der Waals surface area contributed by atoms with Crippen molar-refractivity contribution in [2.45, 2.75) is 6.36 Å². The molecule has 0 atom stereocenters. The van der Waals surface area contributed by atoms with E-state index >= 15 is 0 Å². The molecule has 0 aliphatic heterocycles. The number of carboxylic acids is 1. The molecule has 0 saturated carbocycles. The predicted molar refractivity (Wildman–Crippen MR) is 131 cm³/mol. The van der Waals surface area contributed by atoms with Crippen molar-refractivity contribution < 1.29 is 27.8 Å². The fourth-order valence-corrected chi connectivity index (χ4v) is 3.49. The van der Waals surface area contributed by atoms with Crippen LogP contribution < -0.4 is 15.4 Å². The van der Waals surface area contributed by atoms with Crippen LogP contribution in [0.2, 0.25) is 10.0 Å². The largest absolute Gasteiger partial charge is 0.573 e. The Hall–Kier alpha value is -3.69. The van der Waals surface area contributed by atoms with Gasteiger partial charge in [0.15, 0.2) is 0 Å². The second kappa shape index (κ2) is 10.7. The lowest BCUT2D eigenvalue weighted by molar-refractivity contribution is -0.274. The van der Waals surface area contributed by atoms with Crippen molar-refractivity contribution in [3.8, 4) is 5.75 Å². The van der Waals surface area contributed by atoms with Gasteiger partial charge in [-0.2, -0.15) is 0 Å². The van der Waals surface area contributed by atoms with Gasteiger partial charge in [-0.25, -0.2) is 9.79 Å². The first-order chi connectivity index (χ1) is 16.4. The fraction of sp³-hybridized carbons (Fsp3) is 0.0833. The molecule has 0 aliphatic carbocycles. The number of carbonyl (C=O) groups is 1. The molecule has 0 bridgehead atoms. The molecule has 0 spiro atoms. The molecule has 0 heterocycles. The van der Waals surface area contributed by atoms with Crippen LogP contribution in [-0.2, 0) is 0 Å². The van der Waals surface area contributed by atoms with Gasteiger partial charge in [-0.15, -0.1) is 13.2 Å². The van der Waals surface area contributed by atoms with Crippen LogP contribution >= 0.6 is 23.2 Å². The van der Waals surface area contributed by atoms with E-state index < -0.39 is 12.3 Å². The van der Waals surface area contributed by atoms with E-state index in [4.69, 9.17) is 34.0 Å². The van der Waals surface area contributed by atoms with Gasteiger partial charge >= 0.3 is 12.3 Å². The first kappa shape index (κ1) is 25.9. The summed E-state index contributed by atoms with van der Waals surface area (Å²) >= 11 is 12.1. The lowest BCUT2D eigenvalue weighted by Crippen LogP contribution is -2.25. The molecule has 0 aliphatic rings. The molecule has 0 radical (unpaired) electrons. The molecule has 3 rings (SSSR count). The van der Waals surface area contributed by atoms with Crippen LogP contribution in [0.5, 0.6) is 5.75 Å². The van der Waals surface area contributed by atoms with E-state index in [0.717, 1.165) is 0 Å². The smallest absolute Gasteiger partial charge is 0.478 e. The van der Waals surface area contributed by atoms with E-state index in [9.17, 15) is 18.0 Å². The Morgan fingerprint density at radius 1 is 1.00 bits per heavy atom. The van der Waals surface area contributed by atoms with E-state index in [1.165, 1.54) is 54.6 Å². The van der Waals surface area contributed by atoms with Crippen LogP contribution in [0.25, 0.3) is 5.70 Å². The summed E-state index contributed by atoms with van der Waals surface area (Å²) in [6, 6.07) is 15.8. The van der Waals surface area contributed by atoms with Gasteiger partial charge in [-0.1, -0.05) is 23.2 Å². The average Bonchev–Trinajstić information content (AvgIpc) is 2.77. The van der Waals surface area contributed by atoms with Gasteiger partial charge in [0, 0.05) is 40.1 Å². The highest BCUT2D eigenvalue weighted by molar-refractivity contribution is 6.34. The summed E-state index contributed by atoms with van der Waals surface area (Å²) < 4.78 is 41.4. The van der Waals surface area contributed by atoms with Crippen molar-refractivity contribution in [2.24, 2.45) is 10.7 Å². The lowest BCUT2D eigenvalue weighted by atomic mass is 10.1. The van der Waals surface area contributed by atoms with Crippen LogP contribution in [0.1, 0.15) is 15.9 Å². The molecule has 0 fully saturated rings. The molecule has 182 valence electrons. The van der Waals surface area contributed by atoms with E-state index in [1.54, 1.807) is 30.1 Å². The van der Waals surface area contributed by atoms with E-state index in [-0.39, 0.29) is 17.0 Å². The molecule has 11 heteroatoms. The fourth-order valence-electron chi connectivity index (χ4n) is 2.96. The van der Waals surface area contributed by atoms with Crippen LogP contribution in [0.4, 0.5) is 24.5 Å². The number of alkyl halides is 3. The standard InChI is InChI=1S/C24H18Cl2F3N3O3/c1-32(19-6-8-20(9-7-19)35-24(27,28)29)22(31-18-4-2-14(3-5-18)23(33)34)13-21(30)15-10-16(25)12-17(26)11-15/h2-13H,30H2,1H3,(H,33,34). The average molecular weight is 524 g/mol. The minimum atomic E-state index is -4.81. The molecular weight excluding hydrogens is 506 g/mol. The Balaban J connectivity index is 2.02. The summed E-state index contributed by atoms with van der Waals surface area (Å²) in [6.45, 7) is 0. The number of amidine groups is 1. The monoisotopic (exact) mass is 523 g/mol. The van der Waals surface area contributed by atoms with Gasteiger partial charge < -0.3 is 20.5 Å². The molecule has 3 N–H and O–H groups in total. The van der Waals surface area contributed by atoms with Crippen molar-refractivity contribution in [1.82, 2.24) is 0 Å². The maximum absolute atomic E-state index is 12.5. The molecule has 3 aromatic carbocycles. The van der Waals surface area contributed by atoms with Gasteiger partial charge in [0.05, 0.1) is 11.3 Å². The third-order valence-electron chi connectivity index (χ3n) is 4.64. The van der Waals surface area contributed by atoms with Gasteiger partial charge in [0.25, 0.3) is 0 Å².